The van der Waals surface area contributed by atoms with Gasteiger partial charge in [0.2, 0.25) is 0 Å². The van der Waals surface area contributed by atoms with Crippen LogP contribution < -0.4 is 0 Å². The average Bonchev–Trinajstić information content (AvgIpc) is 3.67. The van der Waals surface area contributed by atoms with Crippen LogP contribution in [-0.2, 0) is 27.9 Å². The molecule has 5 rings (SSSR count). The number of aromatic nitrogens is 1. The number of rotatable bonds is 10. The lowest BCUT2D eigenvalue weighted by molar-refractivity contribution is -0.146. The van der Waals surface area contributed by atoms with E-state index >= 15 is 0 Å². The fourth-order valence-electron chi connectivity index (χ4n) is 4.92. The zero-order valence-electron chi connectivity index (χ0n) is 21.9. The minimum Gasteiger partial charge on any atom is -0.465 e. The smallest absolute Gasteiger partial charge is 0.316 e. The Morgan fingerprint density at radius 2 is 1.57 bits per heavy atom. The summed E-state index contributed by atoms with van der Waals surface area (Å²) in [5.74, 6) is 0.729. The van der Waals surface area contributed by atoms with Crippen molar-refractivity contribution in [3.63, 3.8) is 0 Å². The van der Waals surface area contributed by atoms with Gasteiger partial charge in [0.15, 0.2) is 5.76 Å². The third-order valence-corrected chi connectivity index (χ3v) is 7.37. The highest BCUT2D eigenvalue weighted by atomic mass is 16.5. The molecule has 0 atom stereocenters. The number of esters is 1. The molecule has 0 aliphatic heterocycles. The van der Waals surface area contributed by atoms with Crippen molar-refractivity contribution in [1.82, 2.24) is 10.1 Å². The van der Waals surface area contributed by atoms with E-state index in [1.54, 1.807) is 0 Å². The summed E-state index contributed by atoms with van der Waals surface area (Å²) in [7, 11) is 2.14. The monoisotopic (exact) mass is 494 g/mol. The molecule has 37 heavy (non-hydrogen) atoms. The van der Waals surface area contributed by atoms with Gasteiger partial charge >= 0.3 is 5.97 Å². The molecular formula is C32H34N2O3. The molecule has 1 aliphatic carbocycles. The highest BCUT2D eigenvalue weighted by Gasteiger charge is 2.52. The molecule has 1 fully saturated rings. The minimum absolute atomic E-state index is 0.101. The Hall–Kier alpha value is -3.70. The minimum atomic E-state index is -0.437. The molecule has 0 unspecified atom stereocenters. The zero-order chi connectivity index (χ0) is 25.8. The molecule has 5 nitrogen and oxygen atoms in total. The van der Waals surface area contributed by atoms with E-state index in [0.717, 1.165) is 71.6 Å². The lowest BCUT2D eigenvalue weighted by atomic mass is 9.93. The van der Waals surface area contributed by atoms with Gasteiger partial charge in [-0.2, -0.15) is 0 Å². The third-order valence-electron chi connectivity index (χ3n) is 7.37. The lowest BCUT2D eigenvalue weighted by Gasteiger charge is -2.17. The summed E-state index contributed by atoms with van der Waals surface area (Å²) in [6.07, 6.45) is 2.73. The molecular weight excluding hydrogens is 460 g/mol. The van der Waals surface area contributed by atoms with Crippen LogP contribution >= 0.6 is 0 Å². The molecule has 4 aromatic rings. The summed E-state index contributed by atoms with van der Waals surface area (Å²) in [5, 5.41) is 4.27. The van der Waals surface area contributed by atoms with Gasteiger partial charge in [-0.25, -0.2) is 0 Å². The number of ether oxygens (including phenoxy) is 1. The first-order valence-corrected chi connectivity index (χ1v) is 13.1. The largest absolute Gasteiger partial charge is 0.465 e. The lowest BCUT2D eigenvalue weighted by Crippen LogP contribution is -2.23. The maximum absolute atomic E-state index is 12.4. The van der Waals surface area contributed by atoms with Crippen molar-refractivity contribution in [1.29, 1.82) is 0 Å². The normalized spacial score (nSPS) is 14.1. The predicted molar refractivity (Wildman–Crippen MR) is 146 cm³/mol. The van der Waals surface area contributed by atoms with E-state index in [0.29, 0.717) is 6.61 Å². The quantitative estimate of drug-likeness (QED) is 0.233. The molecule has 1 heterocycles. The second kappa shape index (κ2) is 10.7. The number of benzene rings is 3. The molecule has 5 heteroatoms. The first kappa shape index (κ1) is 25.0. The number of carbonyl (C=O) groups excluding carboxylic acids is 1. The molecule has 0 radical (unpaired) electrons. The molecule has 0 amide bonds. The van der Waals surface area contributed by atoms with Crippen LogP contribution in [0.5, 0.6) is 0 Å². The fraction of sp³-hybridized carbons (Fsp3) is 0.312. The molecule has 3 aromatic carbocycles. The average molecular weight is 495 g/mol. The van der Waals surface area contributed by atoms with Crippen LogP contribution in [0.1, 0.15) is 42.1 Å². The summed E-state index contributed by atoms with van der Waals surface area (Å²) in [6, 6.07) is 27.3. The van der Waals surface area contributed by atoms with Crippen molar-refractivity contribution in [3.05, 3.63) is 101 Å². The van der Waals surface area contributed by atoms with Crippen molar-refractivity contribution in [2.45, 2.75) is 45.1 Å². The second-order valence-corrected chi connectivity index (χ2v) is 10.0. The number of aryl methyl sites for hydroxylation is 1. The number of nitrogens with zero attached hydrogens (tertiary/aromatic N) is 2. The standard InChI is InChI=1S/C32H34N2O3/c1-4-36-31(35)32(19-20-32)28-16-14-26(15-17-28)25-10-12-27(13-11-25)30-29(23(2)33-37-30)22-34(3)21-18-24-8-6-5-7-9-24/h5-17H,4,18-22H2,1-3H3. The third kappa shape index (κ3) is 5.37. The van der Waals surface area contributed by atoms with Crippen molar-refractivity contribution >= 4 is 5.97 Å². The van der Waals surface area contributed by atoms with Crippen LogP contribution in [-0.4, -0.2) is 36.2 Å². The van der Waals surface area contributed by atoms with Gasteiger partial charge in [-0.05, 0) is 62.4 Å². The van der Waals surface area contributed by atoms with Crippen molar-refractivity contribution in [2.24, 2.45) is 0 Å². The fourth-order valence-corrected chi connectivity index (χ4v) is 4.92. The van der Waals surface area contributed by atoms with Crippen molar-refractivity contribution < 1.29 is 14.1 Å². The summed E-state index contributed by atoms with van der Waals surface area (Å²) >= 11 is 0. The second-order valence-electron chi connectivity index (χ2n) is 10.0. The van der Waals surface area contributed by atoms with Crippen LogP contribution in [0.2, 0.25) is 0 Å². The highest BCUT2D eigenvalue weighted by Crippen LogP contribution is 2.49. The molecule has 1 aliphatic rings. The first-order chi connectivity index (χ1) is 18.0. The number of hydrogen-bond donors (Lipinski definition) is 0. The molecule has 1 saturated carbocycles. The summed E-state index contributed by atoms with van der Waals surface area (Å²) < 4.78 is 11.1. The van der Waals surface area contributed by atoms with Crippen LogP contribution in [0.15, 0.2) is 83.4 Å². The van der Waals surface area contributed by atoms with Gasteiger partial charge in [0, 0.05) is 24.2 Å². The van der Waals surface area contributed by atoms with E-state index in [1.165, 1.54) is 5.56 Å². The Kier molecular flexibility index (Phi) is 7.24. The van der Waals surface area contributed by atoms with Gasteiger partial charge < -0.3 is 14.2 Å². The Bertz CT molecular complexity index is 1340. The van der Waals surface area contributed by atoms with Gasteiger partial charge in [-0.3, -0.25) is 4.79 Å². The van der Waals surface area contributed by atoms with Crippen LogP contribution in [0, 0.1) is 6.92 Å². The molecule has 0 saturated heterocycles. The molecule has 190 valence electrons. The number of hydrogen-bond acceptors (Lipinski definition) is 5. The number of likely N-dealkylation sites (N-methyl/N-ethyl adjacent to an activating group) is 1. The molecule has 1 aromatic heterocycles. The predicted octanol–water partition coefficient (Wildman–Crippen LogP) is 6.59. The summed E-state index contributed by atoms with van der Waals surface area (Å²) in [4.78, 5) is 14.7. The summed E-state index contributed by atoms with van der Waals surface area (Å²) in [5.41, 5.74) is 7.26. The molecule has 0 spiro atoms. The highest BCUT2D eigenvalue weighted by molar-refractivity contribution is 5.87. The van der Waals surface area contributed by atoms with Crippen molar-refractivity contribution in [2.75, 3.05) is 20.2 Å². The summed E-state index contributed by atoms with van der Waals surface area (Å²) in [6.45, 7) is 6.02. The van der Waals surface area contributed by atoms with E-state index in [-0.39, 0.29) is 5.97 Å². The number of carbonyl (C=O) groups is 1. The van der Waals surface area contributed by atoms with Crippen LogP contribution in [0.4, 0.5) is 0 Å². The van der Waals surface area contributed by atoms with Crippen LogP contribution in [0.3, 0.4) is 0 Å². The first-order valence-electron chi connectivity index (χ1n) is 13.1. The van der Waals surface area contributed by atoms with Crippen LogP contribution in [0.25, 0.3) is 22.5 Å². The molecule has 0 bridgehead atoms. The van der Waals surface area contributed by atoms with Gasteiger partial charge in [0.1, 0.15) is 0 Å². The Morgan fingerprint density at radius 1 is 0.946 bits per heavy atom. The SMILES string of the molecule is CCOC(=O)C1(c2ccc(-c3ccc(-c4onc(C)c4CN(C)CCc4ccccc4)cc3)cc2)CC1. The Labute approximate surface area is 219 Å². The van der Waals surface area contributed by atoms with Gasteiger partial charge in [0.05, 0.1) is 17.7 Å². The Morgan fingerprint density at radius 3 is 2.19 bits per heavy atom. The zero-order valence-corrected chi connectivity index (χ0v) is 21.9. The van der Waals surface area contributed by atoms with Gasteiger partial charge in [-0.15, -0.1) is 0 Å². The maximum Gasteiger partial charge on any atom is 0.316 e. The topological polar surface area (TPSA) is 55.6 Å². The van der Waals surface area contributed by atoms with E-state index < -0.39 is 5.41 Å². The van der Waals surface area contributed by atoms with E-state index in [1.807, 2.05) is 13.8 Å². The van der Waals surface area contributed by atoms with Crippen molar-refractivity contribution in [3.8, 4) is 22.5 Å². The molecule has 0 N–H and O–H groups in total. The Balaban J connectivity index is 1.27. The maximum atomic E-state index is 12.4. The van der Waals surface area contributed by atoms with Gasteiger partial charge in [0.25, 0.3) is 0 Å². The van der Waals surface area contributed by atoms with E-state index in [4.69, 9.17) is 9.26 Å². The van der Waals surface area contributed by atoms with E-state index in [9.17, 15) is 4.79 Å². The van der Waals surface area contributed by atoms with Gasteiger partial charge in [-0.1, -0.05) is 84.0 Å². The van der Waals surface area contributed by atoms with E-state index in [2.05, 4.69) is 96.0 Å².